The number of piperidine rings is 1. The SMILES string of the molecule is O=C(Cc1cncc(C(F)(F)F)c1)Cn1nc(N2CCCCC2)ccc1=O. The number of hydrogen-bond acceptors (Lipinski definition) is 5. The number of pyridine rings is 1. The Morgan fingerprint density at radius 2 is 1.85 bits per heavy atom. The third-order valence-corrected chi connectivity index (χ3v) is 4.38. The molecule has 0 saturated carbocycles. The largest absolute Gasteiger partial charge is 0.417 e. The second-order valence-electron chi connectivity index (χ2n) is 6.53. The van der Waals surface area contributed by atoms with Crippen LogP contribution in [-0.4, -0.2) is 33.6 Å². The second-order valence-corrected chi connectivity index (χ2v) is 6.53. The summed E-state index contributed by atoms with van der Waals surface area (Å²) in [5, 5.41) is 4.25. The third-order valence-electron chi connectivity index (χ3n) is 4.38. The lowest BCUT2D eigenvalue weighted by Gasteiger charge is -2.27. The van der Waals surface area contributed by atoms with Crippen molar-refractivity contribution in [3.63, 3.8) is 0 Å². The summed E-state index contributed by atoms with van der Waals surface area (Å²) < 4.78 is 39.3. The highest BCUT2D eigenvalue weighted by Gasteiger charge is 2.31. The molecule has 1 aliphatic rings. The van der Waals surface area contributed by atoms with E-state index in [1.54, 1.807) is 6.07 Å². The van der Waals surface area contributed by atoms with Gasteiger partial charge in [-0.15, -0.1) is 0 Å². The number of carbonyl (C=O) groups is 1. The molecule has 0 N–H and O–H groups in total. The lowest BCUT2D eigenvalue weighted by atomic mass is 10.1. The topological polar surface area (TPSA) is 68.1 Å². The Labute approximate surface area is 153 Å². The Kier molecular flexibility index (Phi) is 5.57. The zero-order valence-corrected chi connectivity index (χ0v) is 14.6. The van der Waals surface area contributed by atoms with Crippen LogP contribution in [0.3, 0.4) is 0 Å². The fraction of sp³-hybridized carbons (Fsp3) is 0.444. The first kappa shape index (κ1) is 19.1. The van der Waals surface area contributed by atoms with Crippen molar-refractivity contribution in [3.8, 4) is 0 Å². The van der Waals surface area contributed by atoms with Gasteiger partial charge in [-0.05, 0) is 37.0 Å². The van der Waals surface area contributed by atoms with Gasteiger partial charge in [-0.1, -0.05) is 0 Å². The van der Waals surface area contributed by atoms with Gasteiger partial charge in [0.05, 0.1) is 5.56 Å². The van der Waals surface area contributed by atoms with Gasteiger partial charge in [0.1, 0.15) is 12.4 Å². The van der Waals surface area contributed by atoms with Gasteiger partial charge in [0, 0.05) is 38.0 Å². The highest BCUT2D eigenvalue weighted by atomic mass is 19.4. The zero-order valence-electron chi connectivity index (χ0n) is 14.6. The van der Waals surface area contributed by atoms with Crippen LogP contribution in [0.4, 0.5) is 19.0 Å². The molecule has 0 aromatic carbocycles. The van der Waals surface area contributed by atoms with E-state index in [4.69, 9.17) is 0 Å². The lowest BCUT2D eigenvalue weighted by molar-refractivity contribution is -0.138. The predicted molar refractivity (Wildman–Crippen MR) is 92.5 cm³/mol. The molecule has 144 valence electrons. The van der Waals surface area contributed by atoms with E-state index in [1.165, 1.54) is 12.3 Å². The highest BCUT2D eigenvalue weighted by molar-refractivity contribution is 5.80. The molecule has 0 amide bonds. The first-order chi connectivity index (χ1) is 12.8. The minimum atomic E-state index is -4.52. The number of anilines is 1. The van der Waals surface area contributed by atoms with E-state index in [0.29, 0.717) is 12.0 Å². The second kappa shape index (κ2) is 7.89. The van der Waals surface area contributed by atoms with Crippen molar-refractivity contribution in [2.45, 2.75) is 38.4 Å². The number of carbonyl (C=O) groups excluding carboxylic acids is 1. The number of rotatable bonds is 5. The van der Waals surface area contributed by atoms with Crippen LogP contribution < -0.4 is 10.5 Å². The van der Waals surface area contributed by atoms with Crippen LogP contribution in [0.5, 0.6) is 0 Å². The third kappa shape index (κ3) is 4.93. The number of aromatic nitrogens is 3. The van der Waals surface area contributed by atoms with E-state index in [0.717, 1.165) is 43.1 Å². The maximum Gasteiger partial charge on any atom is 0.417 e. The monoisotopic (exact) mass is 380 g/mol. The fourth-order valence-electron chi connectivity index (χ4n) is 3.03. The molecule has 0 bridgehead atoms. The molecule has 0 atom stereocenters. The minimum Gasteiger partial charge on any atom is -0.355 e. The van der Waals surface area contributed by atoms with Gasteiger partial charge in [0.15, 0.2) is 5.78 Å². The van der Waals surface area contributed by atoms with E-state index in [1.807, 2.05) is 0 Å². The number of ketones is 1. The molecule has 0 spiro atoms. The highest BCUT2D eigenvalue weighted by Crippen LogP contribution is 2.29. The van der Waals surface area contributed by atoms with E-state index < -0.39 is 23.1 Å². The zero-order chi connectivity index (χ0) is 19.4. The van der Waals surface area contributed by atoms with Gasteiger partial charge in [-0.25, -0.2) is 4.68 Å². The number of hydrogen-bond donors (Lipinski definition) is 0. The van der Waals surface area contributed by atoms with Crippen molar-refractivity contribution in [2.24, 2.45) is 0 Å². The Morgan fingerprint density at radius 1 is 1.11 bits per heavy atom. The van der Waals surface area contributed by atoms with Crippen molar-refractivity contribution in [2.75, 3.05) is 18.0 Å². The molecule has 0 unspecified atom stereocenters. The van der Waals surface area contributed by atoms with Gasteiger partial charge in [-0.3, -0.25) is 14.6 Å². The van der Waals surface area contributed by atoms with Crippen LogP contribution in [0.25, 0.3) is 0 Å². The molecular formula is C18H19F3N4O2. The maximum absolute atomic E-state index is 12.7. The molecule has 1 fully saturated rings. The molecule has 3 heterocycles. The van der Waals surface area contributed by atoms with Crippen LogP contribution in [0.1, 0.15) is 30.4 Å². The minimum absolute atomic E-state index is 0.148. The van der Waals surface area contributed by atoms with Crippen molar-refractivity contribution in [1.82, 2.24) is 14.8 Å². The number of Topliss-reactive ketones (excluding diaryl/α,β-unsaturated/α-hetero) is 1. The van der Waals surface area contributed by atoms with Crippen molar-refractivity contribution < 1.29 is 18.0 Å². The summed E-state index contributed by atoms with van der Waals surface area (Å²) in [6.07, 6.45) is 0.395. The quantitative estimate of drug-likeness (QED) is 0.797. The summed E-state index contributed by atoms with van der Waals surface area (Å²) in [4.78, 5) is 29.9. The van der Waals surface area contributed by atoms with Crippen LogP contribution in [0.15, 0.2) is 35.4 Å². The average Bonchev–Trinajstić information content (AvgIpc) is 2.64. The van der Waals surface area contributed by atoms with Crippen molar-refractivity contribution in [3.05, 3.63) is 52.1 Å². The standard InChI is InChI=1S/C18H19F3N4O2/c19-18(20,21)14-8-13(10-22-11-14)9-15(26)12-25-17(27)5-4-16(23-25)24-6-2-1-3-7-24/h4-5,8,10-11H,1-3,6-7,9,12H2. The van der Waals surface area contributed by atoms with Crippen LogP contribution in [0.2, 0.25) is 0 Å². The summed E-state index contributed by atoms with van der Waals surface area (Å²) in [6.45, 7) is 1.39. The molecule has 9 heteroatoms. The predicted octanol–water partition coefficient (Wildman–Crippen LogP) is 2.46. The van der Waals surface area contributed by atoms with E-state index in [2.05, 4.69) is 15.0 Å². The summed E-state index contributed by atoms with van der Waals surface area (Å²) in [7, 11) is 0. The molecule has 1 aliphatic heterocycles. The van der Waals surface area contributed by atoms with Gasteiger partial charge in [-0.2, -0.15) is 18.3 Å². The van der Waals surface area contributed by atoms with Crippen LogP contribution >= 0.6 is 0 Å². The first-order valence-corrected chi connectivity index (χ1v) is 8.69. The van der Waals surface area contributed by atoms with Gasteiger partial charge >= 0.3 is 6.18 Å². The van der Waals surface area contributed by atoms with E-state index >= 15 is 0 Å². The fourth-order valence-corrected chi connectivity index (χ4v) is 3.03. The molecule has 0 aliphatic carbocycles. The average molecular weight is 380 g/mol. The number of halogens is 3. The summed E-state index contributed by atoms with van der Waals surface area (Å²) in [6, 6.07) is 3.88. The molecule has 1 saturated heterocycles. The molecule has 2 aromatic rings. The summed E-state index contributed by atoms with van der Waals surface area (Å²) >= 11 is 0. The summed E-state index contributed by atoms with van der Waals surface area (Å²) in [5.74, 6) is 0.212. The van der Waals surface area contributed by atoms with Gasteiger partial charge in [0.25, 0.3) is 5.56 Å². The Hall–Kier alpha value is -2.71. The smallest absolute Gasteiger partial charge is 0.355 e. The van der Waals surface area contributed by atoms with Crippen LogP contribution in [-0.2, 0) is 23.9 Å². The first-order valence-electron chi connectivity index (χ1n) is 8.69. The van der Waals surface area contributed by atoms with E-state index in [9.17, 15) is 22.8 Å². The molecule has 0 radical (unpaired) electrons. The molecule has 6 nitrogen and oxygen atoms in total. The number of alkyl halides is 3. The maximum atomic E-state index is 12.7. The molecule has 27 heavy (non-hydrogen) atoms. The Bertz CT molecular complexity index is 873. The van der Waals surface area contributed by atoms with Gasteiger partial charge in [0.2, 0.25) is 0 Å². The van der Waals surface area contributed by atoms with Gasteiger partial charge < -0.3 is 4.90 Å². The normalized spacial score (nSPS) is 15.0. The lowest BCUT2D eigenvalue weighted by Crippen LogP contribution is -2.34. The van der Waals surface area contributed by atoms with Crippen molar-refractivity contribution >= 4 is 11.6 Å². The summed E-state index contributed by atoms with van der Waals surface area (Å²) in [5.41, 5.74) is -1.18. The van der Waals surface area contributed by atoms with Crippen molar-refractivity contribution in [1.29, 1.82) is 0 Å². The molecule has 2 aromatic heterocycles. The molecule has 3 rings (SSSR count). The molecular weight excluding hydrogens is 361 g/mol. The Balaban J connectivity index is 1.71. The van der Waals surface area contributed by atoms with Crippen LogP contribution in [0, 0.1) is 0 Å². The number of nitrogens with zero attached hydrogens (tertiary/aromatic N) is 4. The van der Waals surface area contributed by atoms with E-state index in [-0.39, 0.29) is 18.5 Å². The Morgan fingerprint density at radius 3 is 2.56 bits per heavy atom.